The molecule has 1 heterocycles. The summed E-state index contributed by atoms with van der Waals surface area (Å²) >= 11 is 6.62. The van der Waals surface area contributed by atoms with E-state index in [0.717, 1.165) is 33.4 Å². The zero-order chi connectivity index (χ0) is 23.4. The van der Waals surface area contributed by atoms with Gasteiger partial charge in [0, 0.05) is 29.6 Å². The van der Waals surface area contributed by atoms with Crippen LogP contribution in [-0.2, 0) is 4.79 Å². The fourth-order valence-electron chi connectivity index (χ4n) is 4.23. The number of hydrogen-bond donors (Lipinski definition) is 2. The lowest BCUT2D eigenvalue weighted by Gasteiger charge is -2.24. The first-order valence-electron chi connectivity index (χ1n) is 10.8. The van der Waals surface area contributed by atoms with Crippen molar-refractivity contribution < 1.29 is 4.79 Å². The number of hydrogen-bond acceptors (Lipinski definition) is 3. The predicted octanol–water partition coefficient (Wildman–Crippen LogP) is 6.12. The number of nitrogens with two attached hydrogens (primary N) is 1. The Morgan fingerprint density at radius 1 is 0.879 bits per heavy atom. The first-order valence-corrected chi connectivity index (χ1v) is 11.2. The Balaban J connectivity index is 1.60. The summed E-state index contributed by atoms with van der Waals surface area (Å²) < 4.78 is 0. The quantitative estimate of drug-likeness (QED) is 0.368. The van der Waals surface area contributed by atoms with Crippen LogP contribution >= 0.6 is 11.6 Å². The maximum absolute atomic E-state index is 13.2. The molecule has 0 aliphatic carbocycles. The second-order valence-electron chi connectivity index (χ2n) is 8.16. The Bertz CT molecular complexity index is 1200. The molecule has 1 atom stereocenters. The molecule has 3 aromatic carbocycles. The molecule has 0 saturated heterocycles. The molecule has 166 valence electrons. The van der Waals surface area contributed by atoms with Crippen LogP contribution in [0.1, 0.15) is 28.2 Å². The van der Waals surface area contributed by atoms with Gasteiger partial charge in [-0.2, -0.15) is 0 Å². The number of rotatable bonds is 6. The number of carbonyl (C=O) groups excluding carboxylic acids is 1. The monoisotopic (exact) mass is 455 g/mol. The summed E-state index contributed by atoms with van der Waals surface area (Å²) in [5.41, 5.74) is 13.2. The molecule has 5 heteroatoms. The van der Waals surface area contributed by atoms with Crippen LogP contribution in [0, 0.1) is 13.8 Å². The van der Waals surface area contributed by atoms with Gasteiger partial charge in [0.2, 0.25) is 5.91 Å². The van der Waals surface area contributed by atoms with Gasteiger partial charge in [-0.1, -0.05) is 78.3 Å². The molecule has 0 aliphatic heterocycles. The van der Waals surface area contributed by atoms with Crippen LogP contribution in [0.2, 0.25) is 5.02 Å². The fourth-order valence-corrected chi connectivity index (χ4v) is 4.50. The van der Waals surface area contributed by atoms with Gasteiger partial charge in [0.15, 0.2) is 0 Å². The minimum absolute atomic E-state index is 0.271. The van der Waals surface area contributed by atoms with Crippen molar-refractivity contribution in [3.63, 3.8) is 0 Å². The first kappa shape index (κ1) is 22.7. The van der Waals surface area contributed by atoms with Gasteiger partial charge in [-0.25, -0.2) is 0 Å². The molecule has 4 rings (SSSR count). The molecule has 1 aromatic heterocycles. The highest BCUT2D eigenvalue weighted by molar-refractivity contribution is 6.33. The molecule has 0 fully saturated rings. The van der Waals surface area contributed by atoms with Crippen LogP contribution in [0.25, 0.3) is 11.1 Å². The van der Waals surface area contributed by atoms with Crippen molar-refractivity contribution in [2.24, 2.45) is 5.73 Å². The van der Waals surface area contributed by atoms with Gasteiger partial charge < -0.3 is 11.1 Å². The summed E-state index contributed by atoms with van der Waals surface area (Å²) in [4.78, 5) is 17.4. The summed E-state index contributed by atoms with van der Waals surface area (Å²) in [5.74, 6) is -0.544. The summed E-state index contributed by atoms with van der Waals surface area (Å²) in [6.45, 7) is 4.02. The number of pyridine rings is 1. The Hall–Kier alpha value is -3.47. The molecule has 4 aromatic rings. The van der Waals surface area contributed by atoms with Crippen molar-refractivity contribution in [3.8, 4) is 11.1 Å². The van der Waals surface area contributed by atoms with E-state index in [9.17, 15) is 4.79 Å². The maximum atomic E-state index is 13.2. The standard InChI is InChI=1S/C28H26ClN3O/c1-18-16-31-17-19(2)25(18)23-14-13-22(15-24(23)29)32-28(33)27(30)26(20-9-5-3-6-10-20)21-11-7-4-8-12-21/h3-17,26-27H,30H2,1-2H3,(H,32,33). The van der Waals surface area contributed by atoms with Crippen molar-refractivity contribution in [3.05, 3.63) is 119 Å². The highest BCUT2D eigenvalue weighted by Gasteiger charge is 2.28. The summed E-state index contributed by atoms with van der Waals surface area (Å²) in [7, 11) is 0. The van der Waals surface area contributed by atoms with Crippen molar-refractivity contribution in [1.29, 1.82) is 0 Å². The van der Waals surface area contributed by atoms with Crippen LogP contribution in [0.5, 0.6) is 0 Å². The van der Waals surface area contributed by atoms with E-state index in [1.807, 2.05) is 99.0 Å². The average Bonchev–Trinajstić information content (AvgIpc) is 2.82. The summed E-state index contributed by atoms with van der Waals surface area (Å²) in [5, 5.41) is 3.51. The number of nitrogens with one attached hydrogen (secondary N) is 1. The van der Waals surface area contributed by atoms with Gasteiger partial charge in [-0.05, 0) is 53.8 Å². The molecule has 1 amide bonds. The molecule has 0 bridgehead atoms. The van der Waals surface area contributed by atoms with Crippen LogP contribution in [0.3, 0.4) is 0 Å². The maximum Gasteiger partial charge on any atom is 0.242 e. The van der Waals surface area contributed by atoms with Crippen molar-refractivity contribution in [2.75, 3.05) is 5.32 Å². The lowest BCUT2D eigenvalue weighted by atomic mass is 9.85. The lowest BCUT2D eigenvalue weighted by Crippen LogP contribution is -2.41. The van der Waals surface area contributed by atoms with E-state index >= 15 is 0 Å². The molecule has 4 nitrogen and oxygen atoms in total. The minimum Gasteiger partial charge on any atom is -0.325 e. The minimum atomic E-state index is -0.780. The smallest absolute Gasteiger partial charge is 0.242 e. The van der Waals surface area contributed by atoms with Gasteiger partial charge in [0.25, 0.3) is 0 Å². The Kier molecular flexibility index (Phi) is 6.87. The molecule has 3 N–H and O–H groups in total. The van der Waals surface area contributed by atoms with Gasteiger partial charge in [-0.15, -0.1) is 0 Å². The van der Waals surface area contributed by atoms with Gasteiger partial charge in [0.1, 0.15) is 0 Å². The fraction of sp³-hybridized carbons (Fsp3) is 0.143. The largest absolute Gasteiger partial charge is 0.325 e. The highest BCUT2D eigenvalue weighted by atomic mass is 35.5. The number of aromatic nitrogens is 1. The third-order valence-corrected chi connectivity index (χ3v) is 6.12. The molecule has 1 unspecified atom stereocenters. The molecular formula is C28H26ClN3O. The number of carbonyl (C=O) groups is 1. The number of aryl methyl sites for hydroxylation is 2. The third kappa shape index (κ3) is 4.98. The molecule has 0 spiro atoms. The number of amides is 1. The van der Waals surface area contributed by atoms with Crippen molar-refractivity contribution in [1.82, 2.24) is 4.98 Å². The van der Waals surface area contributed by atoms with Gasteiger partial charge in [-0.3, -0.25) is 9.78 Å². The average molecular weight is 456 g/mol. The molecule has 0 aliphatic rings. The lowest BCUT2D eigenvalue weighted by molar-refractivity contribution is -0.117. The zero-order valence-electron chi connectivity index (χ0n) is 18.6. The van der Waals surface area contributed by atoms with Crippen LogP contribution < -0.4 is 11.1 Å². The highest BCUT2D eigenvalue weighted by Crippen LogP contribution is 2.34. The molecule has 33 heavy (non-hydrogen) atoms. The van der Waals surface area contributed by atoms with E-state index < -0.39 is 6.04 Å². The number of benzene rings is 3. The van der Waals surface area contributed by atoms with Crippen LogP contribution in [0.15, 0.2) is 91.3 Å². The second kappa shape index (κ2) is 9.99. The van der Waals surface area contributed by atoms with Crippen LogP contribution in [0.4, 0.5) is 5.69 Å². The zero-order valence-corrected chi connectivity index (χ0v) is 19.4. The van der Waals surface area contributed by atoms with Gasteiger partial charge in [0.05, 0.1) is 11.1 Å². The topological polar surface area (TPSA) is 68.0 Å². The third-order valence-electron chi connectivity index (χ3n) is 5.81. The predicted molar refractivity (Wildman–Crippen MR) is 135 cm³/mol. The van der Waals surface area contributed by atoms with E-state index in [2.05, 4.69) is 10.3 Å². The normalized spacial score (nSPS) is 11.9. The number of halogens is 1. The van der Waals surface area contributed by atoms with Gasteiger partial charge >= 0.3 is 0 Å². The van der Waals surface area contributed by atoms with E-state index in [1.165, 1.54) is 0 Å². The van der Waals surface area contributed by atoms with Crippen LogP contribution in [-0.4, -0.2) is 16.9 Å². The Morgan fingerprint density at radius 2 is 1.42 bits per heavy atom. The van der Waals surface area contributed by atoms with E-state index in [4.69, 9.17) is 17.3 Å². The SMILES string of the molecule is Cc1cncc(C)c1-c1ccc(NC(=O)C(N)C(c2ccccc2)c2ccccc2)cc1Cl. The van der Waals surface area contributed by atoms with E-state index in [1.54, 1.807) is 6.07 Å². The first-order chi connectivity index (χ1) is 16.0. The van der Waals surface area contributed by atoms with E-state index in [-0.39, 0.29) is 11.8 Å². The summed E-state index contributed by atoms with van der Waals surface area (Å²) in [6, 6.07) is 24.5. The number of nitrogens with zero attached hydrogens (tertiary/aromatic N) is 1. The van der Waals surface area contributed by atoms with Crippen molar-refractivity contribution in [2.45, 2.75) is 25.8 Å². The van der Waals surface area contributed by atoms with E-state index in [0.29, 0.717) is 10.7 Å². The Labute approximate surface area is 199 Å². The van der Waals surface area contributed by atoms with Crippen molar-refractivity contribution >= 4 is 23.2 Å². The Morgan fingerprint density at radius 3 is 1.94 bits per heavy atom. The molecular weight excluding hydrogens is 430 g/mol. The second-order valence-corrected chi connectivity index (χ2v) is 8.56. The molecule has 0 radical (unpaired) electrons. The molecule has 0 saturated carbocycles. The summed E-state index contributed by atoms with van der Waals surface area (Å²) in [6.07, 6.45) is 3.64. The number of anilines is 1.